The first-order valence-corrected chi connectivity index (χ1v) is 8.13. The number of nitro benzene ring substituents is 1. The Bertz CT molecular complexity index is 830. The standard InChI is InChI=1S/C16H15ClN4O5/c1-25-14-4-5-15(19-18-14)26-11-6-7-20(9-11)16(22)12-8-10(21(23)24)2-3-13(12)17/h2-5,8,11H,6-7,9H2,1H3. The summed E-state index contributed by atoms with van der Waals surface area (Å²) in [5, 5.41) is 18.8. The van der Waals surface area contributed by atoms with E-state index in [1.54, 1.807) is 17.0 Å². The first-order chi connectivity index (χ1) is 12.5. The molecule has 1 aliphatic rings. The minimum atomic E-state index is -0.564. The van der Waals surface area contributed by atoms with Crippen LogP contribution in [0.1, 0.15) is 16.8 Å². The van der Waals surface area contributed by atoms with Crippen molar-refractivity contribution in [3.8, 4) is 11.8 Å². The highest BCUT2D eigenvalue weighted by Crippen LogP contribution is 2.25. The van der Waals surface area contributed by atoms with E-state index >= 15 is 0 Å². The zero-order chi connectivity index (χ0) is 18.7. The largest absolute Gasteiger partial charge is 0.480 e. The van der Waals surface area contributed by atoms with Gasteiger partial charge in [0, 0.05) is 37.2 Å². The van der Waals surface area contributed by atoms with Crippen LogP contribution >= 0.6 is 11.6 Å². The Labute approximate surface area is 153 Å². The van der Waals surface area contributed by atoms with Gasteiger partial charge in [-0.3, -0.25) is 14.9 Å². The van der Waals surface area contributed by atoms with Gasteiger partial charge < -0.3 is 14.4 Å². The van der Waals surface area contributed by atoms with Crippen LogP contribution in [-0.2, 0) is 0 Å². The van der Waals surface area contributed by atoms with Gasteiger partial charge in [-0.1, -0.05) is 11.6 Å². The summed E-state index contributed by atoms with van der Waals surface area (Å²) in [6.07, 6.45) is 0.352. The molecule has 1 fully saturated rings. The first-order valence-electron chi connectivity index (χ1n) is 7.75. The zero-order valence-electron chi connectivity index (χ0n) is 13.8. The molecule has 1 saturated heterocycles. The lowest BCUT2D eigenvalue weighted by atomic mass is 10.2. The number of carbonyl (C=O) groups excluding carboxylic acids is 1. The van der Waals surface area contributed by atoms with Crippen molar-refractivity contribution >= 4 is 23.2 Å². The van der Waals surface area contributed by atoms with E-state index < -0.39 is 4.92 Å². The van der Waals surface area contributed by atoms with Crippen LogP contribution in [0.4, 0.5) is 5.69 Å². The molecule has 1 amide bonds. The van der Waals surface area contributed by atoms with Gasteiger partial charge in [-0.05, 0) is 6.07 Å². The number of hydrogen-bond acceptors (Lipinski definition) is 7. The van der Waals surface area contributed by atoms with E-state index in [1.807, 2.05) is 0 Å². The van der Waals surface area contributed by atoms with Crippen LogP contribution in [0.25, 0.3) is 0 Å². The molecule has 0 radical (unpaired) electrons. The number of carbonyl (C=O) groups is 1. The van der Waals surface area contributed by atoms with E-state index in [1.165, 1.54) is 25.3 Å². The van der Waals surface area contributed by atoms with Crippen molar-refractivity contribution in [3.05, 3.63) is 51.0 Å². The van der Waals surface area contributed by atoms with Crippen LogP contribution in [0.3, 0.4) is 0 Å². The summed E-state index contributed by atoms with van der Waals surface area (Å²) in [5.41, 5.74) is -0.0796. The molecule has 3 rings (SSSR count). The molecule has 0 bridgehead atoms. The molecule has 10 heteroatoms. The molecule has 2 heterocycles. The SMILES string of the molecule is COc1ccc(OC2CCN(C(=O)c3cc([N+](=O)[O-])ccc3Cl)C2)nn1. The van der Waals surface area contributed by atoms with Crippen molar-refractivity contribution in [3.63, 3.8) is 0 Å². The number of rotatable bonds is 5. The number of non-ortho nitro benzene ring substituents is 1. The maximum absolute atomic E-state index is 12.6. The van der Waals surface area contributed by atoms with Crippen molar-refractivity contribution < 1.29 is 19.2 Å². The lowest BCUT2D eigenvalue weighted by molar-refractivity contribution is -0.384. The molecular weight excluding hydrogens is 364 g/mol. The van der Waals surface area contributed by atoms with Crippen molar-refractivity contribution in [1.29, 1.82) is 0 Å². The van der Waals surface area contributed by atoms with E-state index in [2.05, 4.69) is 10.2 Å². The van der Waals surface area contributed by atoms with Gasteiger partial charge in [0.2, 0.25) is 11.8 Å². The van der Waals surface area contributed by atoms with E-state index in [9.17, 15) is 14.9 Å². The molecular formula is C16H15ClN4O5. The first kappa shape index (κ1) is 17.9. The molecule has 0 spiro atoms. The summed E-state index contributed by atoms with van der Waals surface area (Å²) in [7, 11) is 1.49. The molecule has 1 atom stereocenters. The number of benzene rings is 1. The molecule has 136 valence electrons. The monoisotopic (exact) mass is 378 g/mol. The van der Waals surface area contributed by atoms with Gasteiger partial charge in [-0.2, -0.15) is 0 Å². The number of likely N-dealkylation sites (tertiary alicyclic amines) is 1. The molecule has 9 nitrogen and oxygen atoms in total. The van der Waals surface area contributed by atoms with Crippen molar-refractivity contribution in [2.75, 3.05) is 20.2 Å². The van der Waals surface area contributed by atoms with Crippen LogP contribution in [0.15, 0.2) is 30.3 Å². The fourth-order valence-electron chi connectivity index (χ4n) is 2.62. The maximum atomic E-state index is 12.6. The Morgan fingerprint density at radius 3 is 2.69 bits per heavy atom. The molecule has 1 unspecified atom stereocenters. The maximum Gasteiger partial charge on any atom is 0.270 e. The number of aromatic nitrogens is 2. The molecule has 0 saturated carbocycles. The molecule has 1 aliphatic heterocycles. The molecule has 0 N–H and O–H groups in total. The van der Waals surface area contributed by atoms with Crippen LogP contribution < -0.4 is 9.47 Å². The summed E-state index contributed by atoms with van der Waals surface area (Å²) in [6.45, 7) is 0.775. The second-order valence-corrected chi connectivity index (χ2v) is 6.02. The Morgan fingerprint density at radius 1 is 1.31 bits per heavy atom. The summed E-state index contributed by atoms with van der Waals surface area (Å²) in [4.78, 5) is 24.5. The highest BCUT2D eigenvalue weighted by molar-refractivity contribution is 6.33. The van der Waals surface area contributed by atoms with E-state index in [4.69, 9.17) is 21.1 Å². The number of ether oxygens (including phenoxy) is 2. The van der Waals surface area contributed by atoms with Gasteiger partial charge in [0.15, 0.2) is 0 Å². The van der Waals surface area contributed by atoms with E-state index in [0.717, 1.165) is 0 Å². The second kappa shape index (κ2) is 7.52. The van der Waals surface area contributed by atoms with Gasteiger partial charge in [0.25, 0.3) is 11.6 Å². The van der Waals surface area contributed by atoms with Gasteiger partial charge in [0.05, 0.1) is 29.2 Å². The lowest BCUT2D eigenvalue weighted by Gasteiger charge is -2.17. The van der Waals surface area contributed by atoms with Crippen LogP contribution in [0, 0.1) is 10.1 Å². The summed E-state index contributed by atoms with van der Waals surface area (Å²) in [5.74, 6) is 0.338. The Morgan fingerprint density at radius 2 is 2.04 bits per heavy atom. The zero-order valence-corrected chi connectivity index (χ0v) is 14.5. The van der Waals surface area contributed by atoms with E-state index in [0.29, 0.717) is 31.3 Å². The Balaban J connectivity index is 1.67. The van der Waals surface area contributed by atoms with Crippen LogP contribution in [0.5, 0.6) is 11.8 Å². The Kier molecular flexibility index (Phi) is 5.17. The Hall–Kier alpha value is -2.94. The van der Waals surface area contributed by atoms with Gasteiger partial charge in [-0.15, -0.1) is 10.2 Å². The third-order valence-electron chi connectivity index (χ3n) is 3.94. The highest BCUT2D eigenvalue weighted by Gasteiger charge is 2.30. The molecule has 1 aromatic carbocycles. The molecule has 1 aromatic heterocycles. The number of nitro groups is 1. The summed E-state index contributed by atoms with van der Waals surface area (Å²) in [6, 6.07) is 7.06. The third-order valence-corrected chi connectivity index (χ3v) is 4.27. The summed E-state index contributed by atoms with van der Waals surface area (Å²) < 4.78 is 10.7. The predicted octanol–water partition coefficient (Wildman–Crippen LogP) is 2.34. The number of halogens is 1. The number of hydrogen-bond donors (Lipinski definition) is 0. The van der Waals surface area contributed by atoms with E-state index in [-0.39, 0.29) is 28.3 Å². The average molecular weight is 379 g/mol. The van der Waals surface area contributed by atoms with Crippen molar-refractivity contribution in [2.24, 2.45) is 0 Å². The lowest BCUT2D eigenvalue weighted by Crippen LogP contribution is -2.31. The summed E-state index contributed by atoms with van der Waals surface area (Å²) >= 11 is 6.04. The van der Waals surface area contributed by atoms with Crippen LogP contribution in [0.2, 0.25) is 5.02 Å². The number of amides is 1. The molecule has 2 aromatic rings. The van der Waals surface area contributed by atoms with Crippen LogP contribution in [-0.4, -0.2) is 52.2 Å². The number of methoxy groups -OCH3 is 1. The third kappa shape index (κ3) is 3.83. The fraction of sp³-hybridized carbons (Fsp3) is 0.312. The smallest absolute Gasteiger partial charge is 0.270 e. The van der Waals surface area contributed by atoms with Crippen molar-refractivity contribution in [2.45, 2.75) is 12.5 Å². The number of nitrogens with zero attached hydrogens (tertiary/aromatic N) is 4. The minimum absolute atomic E-state index is 0.103. The minimum Gasteiger partial charge on any atom is -0.480 e. The van der Waals surface area contributed by atoms with Gasteiger partial charge in [-0.25, -0.2) is 0 Å². The van der Waals surface area contributed by atoms with Crippen molar-refractivity contribution in [1.82, 2.24) is 15.1 Å². The highest BCUT2D eigenvalue weighted by atomic mass is 35.5. The van der Waals surface area contributed by atoms with Gasteiger partial charge >= 0.3 is 0 Å². The normalized spacial score (nSPS) is 16.4. The second-order valence-electron chi connectivity index (χ2n) is 5.61. The molecule has 26 heavy (non-hydrogen) atoms. The van der Waals surface area contributed by atoms with Gasteiger partial charge in [0.1, 0.15) is 6.10 Å². The topological polar surface area (TPSA) is 108 Å². The quantitative estimate of drug-likeness (QED) is 0.580. The molecule has 0 aliphatic carbocycles. The average Bonchev–Trinajstić information content (AvgIpc) is 3.10. The predicted molar refractivity (Wildman–Crippen MR) is 91.6 cm³/mol. The fourth-order valence-corrected chi connectivity index (χ4v) is 2.82.